The van der Waals surface area contributed by atoms with Gasteiger partial charge in [-0.25, -0.2) is 0 Å². The van der Waals surface area contributed by atoms with E-state index in [9.17, 15) is 9.90 Å². The molecule has 0 fully saturated rings. The third kappa shape index (κ3) is 5.94. The van der Waals surface area contributed by atoms with Crippen LogP contribution in [0.2, 0.25) is 0 Å². The van der Waals surface area contributed by atoms with Gasteiger partial charge in [-0.3, -0.25) is 0 Å². The molecule has 0 aromatic heterocycles. The molecule has 0 saturated heterocycles. The van der Waals surface area contributed by atoms with Crippen LogP contribution in [0.5, 0.6) is 0 Å². The lowest BCUT2D eigenvalue weighted by Gasteiger charge is -2.36. The second-order valence-electron chi connectivity index (χ2n) is 4.98. The molecule has 0 aliphatic carbocycles. The minimum absolute atomic E-state index is 0.216. The summed E-state index contributed by atoms with van der Waals surface area (Å²) < 4.78 is 11.1. The number of hydrogen-bond donors (Lipinski definition) is 1. The topological polar surface area (TPSA) is 55.8 Å². The molecule has 18 heavy (non-hydrogen) atoms. The molecule has 0 rings (SSSR count). The van der Waals surface area contributed by atoms with Crippen LogP contribution in [0, 0.1) is 0 Å². The first-order valence-corrected chi connectivity index (χ1v) is 6.80. The maximum atomic E-state index is 10.7. The van der Waals surface area contributed by atoms with E-state index in [1.165, 1.54) is 12.8 Å². The van der Waals surface area contributed by atoms with E-state index in [0.29, 0.717) is 6.61 Å². The van der Waals surface area contributed by atoms with Gasteiger partial charge in [0.05, 0.1) is 6.10 Å². The Morgan fingerprint density at radius 1 is 1.33 bits per heavy atom. The van der Waals surface area contributed by atoms with Gasteiger partial charge >= 0.3 is 0 Å². The first-order chi connectivity index (χ1) is 8.51. The van der Waals surface area contributed by atoms with E-state index >= 15 is 0 Å². The highest BCUT2D eigenvalue weighted by atomic mass is 16.6. The highest BCUT2D eigenvalue weighted by Crippen LogP contribution is 2.24. The fraction of sp³-hybridized carbons (Fsp3) is 0.929. The molecule has 0 amide bonds. The van der Waals surface area contributed by atoms with Crippen molar-refractivity contribution in [3.8, 4) is 0 Å². The molecule has 108 valence electrons. The van der Waals surface area contributed by atoms with Crippen LogP contribution in [0.1, 0.15) is 52.9 Å². The first kappa shape index (κ1) is 17.6. The molecule has 0 aliphatic rings. The van der Waals surface area contributed by atoms with Crippen molar-refractivity contribution in [3.63, 3.8) is 0 Å². The molecule has 0 radical (unpaired) electrons. The van der Waals surface area contributed by atoms with Crippen LogP contribution in [0.3, 0.4) is 0 Å². The van der Waals surface area contributed by atoms with Gasteiger partial charge in [-0.15, -0.1) is 0 Å². The fourth-order valence-corrected chi connectivity index (χ4v) is 2.05. The second-order valence-corrected chi connectivity index (χ2v) is 4.98. The van der Waals surface area contributed by atoms with Gasteiger partial charge < -0.3 is 19.4 Å². The SMILES string of the molecule is CCCCCCO[C@@H]([C@H](C)O)[C@@](C)(CC=O)OC. The Morgan fingerprint density at radius 3 is 2.44 bits per heavy atom. The Labute approximate surface area is 111 Å². The summed E-state index contributed by atoms with van der Waals surface area (Å²) in [4.78, 5) is 10.7. The molecule has 4 nitrogen and oxygen atoms in total. The lowest BCUT2D eigenvalue weighted by molar-refractivity contribution is -0.162. The lowest BCUT2D eigenvalue weighted by atomic mass is 9.92. The van der Waals surface area contributed by atoms with Crippen LogP contribution in [0.25, 0.3) is 0 Å². The number of aliphatic hydroxyl groups is 1. The number of aliphatic hydroxyl groups excluding tert-OH is 1. The number of methoxy groups -OCH3 is 1. The average Bonchev–Trinajstić information content (AvgIpc) is 2.33. The Hall–Kier alpha value is -0.450. The summed E-state index contributed by atoms with van der Waals surface area (Å²) in [5, 5.41) is 9.79. The monoisotopic (exact) mass is 260 g/mol. The largest absolute Gasteiger partial charge is 0.391 e. The van der Waals surface area contributed by atoms with E-state index in [4.69, 9.17) is 9.47 Å². The maximum Gasteiger partial charge on any atom is 0.122 e. The Morgan fingerprint density at radius 2 is 2.00 bits per heavy atom. The molecule has 0 heterocycles. The van der Waals surface area contributed by atoms with Crippen LogP contribution in [0.4, 0.5) is 0 Å². The molecular weight excluding hydrogens is 232 g/mol. The summed E-state index contributed by atoms with van der Waals surface area (Å²) in [6, 6.07) is 0. The molecule has 0 saturated carbocycles. The molecule has 0 aromatic rings. The van der Waals surface area contributed by atoms with Crippen molar-refractivity contribution < 1.29 is 19.4 Å². The number of carbonyl (C=O) groups is 1. The van der Waals surface area contributed by atoms with Gasteiger partial charge in [-0.05, 0) is 20.3 Å². The predicted molar refractivity (Wildman–Crippen MR) is 71.7 cm³/mol. The summed E-state index contributed by atoms with van der Waals surface area (Å²) in [5.41, 5.74) is -0.763. The van der Waals surface area contributed by atoms with E-state index in [1.807, 2.05) is 0 Å². The normalized spacial score (nSPS) is 18.1. The van der Waals surface area contributed by atoms with Gasteiger partial charge in [0.2, 0.25) is 0 Å². The third-order valence-electron chi connectivity index (χ3n) is 3.29. The number of rotatable bonds is 11. The summed E-state index contributed by atoms with van der Waals surface area (Å²) in [6.07, 6.45) is 4.35. The zero-order chi connectivity index (χ0) is 14.0. The predicted octanol–water partition coefficient (Wildman–Crippen LogP) is 2.33. The van der Waals surface area contributed by atoms with Gasteiger partial charge in [0.25, 0.3) is 0 Å². The average molecular weight is 260 g/mol. The molecule has 0 aliphatic heterocycles. The van der Waals surface area contributed by atoms with Crippen LogP contribution < -0.4 is 0 Å². The standard InChI is InChI=1S/C14H28O4/c1-5-6-7-8-11-18-13(12(2)16)14(3,17-4)9-10-15/h10,12-13,16H,5-9,11H2,1-4H3/t12-,13-,14+/m0/s1. The van der Waals surface area contributed by atoms with Gasteiger partial charge in [0.15, 0.2) is 0 Å². The zero-order valence-electron chi connectivity index (χ0n) is 12.1. The second kappa shape index (κ2) is 9.48. The molecular formula is C14H28O4. The van der Waals surface area contributed by atoms with E-state index < -0.39 is 17.8 Å². The molecule has 4 heteroatoms. The molecule has 0 unspecified atom stereocenters. The smallest absolute Gasteiger partial charge is 0.122 e. The number of unbranched alkanes of at least 4 members (excludes halogenated alkanes) is 3. The van der Waals surface area contributed by atoms with Gasteiger partial charge in [-0.2, -0.15) is 0 Å². The summed E-state index contributed by atoms with van der Waals surface area (Å²) in [5.74, 6) is 0. The van der Waals surface area contributed by atoms with Gasteiger partial charge in [0.1, 0.15) is 18.0 Å². The van der Waals surface area contributed by atoms with Gasteiger partial charge in [0, 0.05) is 20.1 Å². The number of ether oxygens (including phenoxy) is 2. The molecule has 0 bridgehead atoms. The number of aldehydes is 1. The lowest BCUT2D eigenvalue weighted by Crippen LogP contribution is -2.49. The Kier molecular flexibility index (Phi) is 9.24. The van der Waals surface area contributed by atoms with E-state index in [0.717, 1.165) is 19.1 Å². The third-order valence-corrected chi connectivity index (χ3v) is 3.29. The highest BCUT2D eigenvalue weighted by molar-refractivity contribution is 5.51. The summed E-state index contributed by atoms with van der Waals surface area (Å²) >= 11 is 0. The highest BCUT2D eigenvalue weighted by Gasteiger charge is 2.38. The summed E-state index contributed by atoms with van der Waals surface area (Å²) in [7, 11) is 1.54. The van der Waals surface area contributed by atoms with E-state index in [-0.39, 0.29) is 6.42 Å². The first-order valence-electron chi connectivity index (χ1n) is 6.80. The molecule has 0 spiro atoms. The maximum absolute atomic E-state index is 10.7. The van der Waals surface area contributed by atoms with Crippen LogP contribution in [0.15, 0.2) is 0 Å². The minimum atomic E-state index is -0.763. The fourth-order valence-electron chi connectivity index (χ4n) is 2.05. The molecule has 1 N–H and O–H groups in total. The van der Waals surface area contributed by atoms with Crippen LogP contribution in [-0.4, -0.2) is 42.9 Å². The summed E-state index contributed by atoms with van der Waals surface area (Å²) in [6.45, 7) is 6.21. The van der Waals surface area contributed by atoms with Crippen molar-refractivity contribution in [1.82, 2.24) is 0 Å². The number of hydrogen-bond acceptors (Lipinski definition) is 4. The van der Waals surface area contributed by atoms with E-state index in [1.54, 1.807) is 21.0 Å². The Balaban J connectivity index is 4.31. The van der Waals surface area contributed by atoms with Crippen molar-refractivity contribution in [2.75, 3.05) is 13.7 Å². The molecule has 3 atom stereocenters. The molecule has 0 aromatic carbocycles. The Bertz CT molecular complexity index is 218. The van der Waals surface area contributed by atoms with E-state index in [2.05, 4.69) is 6.92 Å². The van der Waals surface area contributed by atoms with Crippen LogP contribution in [-0.2, 0) is 14.3 Å². The quantitative estimate of drug-likeness (QED) is 0.457. The van der Waals surface area contributed by atoms with Gasteiger partial charge in [-0.1, -0.05) is 26.2 Å². The van der Waals surface area contributed by atoms with Crippen molar-refractivity contribution >= 4 is 6.29 Å². The number of carbonyl (C=O) groups excluding carboxylic acids is 1. The minimum Gasteiger partial charge on any atom is -0.391 e. The van der Waals surface area contributed by atoms with Crippen molar-refractivity contribution in [2.24, 2.45) is 0 Å². The van der Waals surface area contributed by atoms with Crippen LogP contribution >= 0.6 is 0 Å². The van der Waals surface area contributed by atoms with Crippen molar-refractivity contribution in [3.05, 3.63) is 0 Å². The van der Waals surface area contributed by atoms with Crippen molar-refractivity contribution in [1.29, 1.82) is 0 Å². The van der Waals surface area contributed by atoms with Crippen molar-refractivity contribution in [2.45, 2.75) is 70.7 Å². The zero-order valence-corrected chi connectivity index (χ0v) is 12.1.